The van der Waals surface area contributed by atoms with E-state index in [1.807, 2.05) is 6.92 Å². The molecule has 0 aliphatic rings. The number of hydrogen-bond acceptors (Lipinski definition) is 4. The fraction of sp³-hybridized carbons (Fsp3) is 0.769. The zero-order valence-corrected chi connectivity index (χ0v) is 18.5. The van der Waals surface area contributed by atoms with Crippen molar-refractivity contribution in [3.05, 3.63) is 11.8 Å². The molecular formula is C13H32N4OSSi2. The third-order valence-corrected chi connectivity index (χ3v) is 11.0. The van der Waals surface area contributed by atoms with Gasteiger partial charge in [-0.15, -0.1) is 0 Å². The van der Waals surface area contributed by atoms with Crippen molar-refractivity contribution in [1.82, 2.24) is 5.32 Å². The molecule has 21 heavy (non-hydrogen) atoms. The van der Waals surface area contributed by atoms with Crippen molar-refractivity contribution in [2.45, 2.75) is 58.0 Å². The van der Waals surface area contributed by atoms with Gasteiger partial charge in [0, 0.05) is 33.9 Å². The van der Waals surface area contributed by atoms with Gasteiger partial charge in [-0.2, -0.15) is 0 Å². The molecule has 0 aromatic carbocycles. The molecule has 0 rings (SSSR count). The first-order chi connectivity index (χ1) is 9.17. The first kappa shape index (κ1) is 20.7. The molecule has 124 valence electrons. The molecule has 0 fully saturated rings. The monoisotopic (exact) mass is 348 g/mol. The fourth-order valence-corrected chi connectivity index (χ4v) is 5.13. The Labute approximate surface area is 136 Å². The highest BCUT2D eigenvalue weighted by Crippen LogP contribution is 2.37. The number of hydrogen-bond donors (Lipinski definition) is 4. The molecule has 0 aromatic heterocycles. The summed E-state index contributed by atoms with van der Waals surface area (Å²) in [7, 11) is -2.03. The van der Waals surface area contributed by atoms with Crippen LogP contribution in [0.1, 0.15) is 34.6 Å². The quantitative estimate of drug-likeness (QED) is 0.342. The van der Waals surface area contributed by atoms with Crippen LogP contribution in [-0.4, -0.2) is 40.4 Å². The standard InChI is InChI=1S/C13H32N4OSSi2/c1-10(8-16-9-13(5,18)20)11(14)19(15)17-21(6,7)12(2,3)4/h8,14,16,18H,9H2,1-7,20H3,(H2,15,17)/b10-8-,14-11?/t13-,19?/m0/s1. The van der Waals surface area contributed by atoms with E-state index in [2.05, 4.69) is 39.2 Å². The lowest BCUT2D eigenvalue weighted by atomic mass is 10.2. The van der Waals surface area contributed by atoms with Crippen LogP contribution in [0.4, 0.5) is 0 Å². The molecule has 0 amide bonds. The highest BCUT2D eigenvalue weighted by molar-refractivity contribution is 8.01. The molecule has 0 bridgehead atoms. The largest absolute Gasteiger partial charge is 0.393 e. The van der Waals surface area contributed by atoms with Crippen molar-refractivity contribution < 1.29 is 5.11 Å². The molecule has 0 saturated carbocycles. The summed E-state index contributed by atoms with van der Waals surface area (Å²) in [6.07, 6.45) is 1.75. The van der Waals surface area contributed by atoms with Gasteiger partial charge < -0.3 is 10.4 Å². The molecule has 5 N–H and O–H groups in total. The average molecular weight is 349 g/mol. The SMILES string of the molecule is C/C(=C/NC[C@@](C)(O)[SiH3])C(=N)/S(N)=N\[Si](C)(C)C(C)(C)C. The Bertz CT molecular complexity index is 448. The van der Waals surface area contributed by atoms with E-state index < -0.39 is 24.3 Å². The zero-order chi connectivity index (χ0) is 17.1. The van der Waals surface area contributed by atoms with Crippen molar-refractivity contribution in [3.63, 3.8) is 0 Å². The lowest BCUT2D eigenvalue weighted by Gasteiger charge is -2.32. The Hall–Kier alpha value is -0.286. The van der Waals surface area contributed by atoms with Crippen molar-refractivity contribution in [2.24, 2.45) is 9.17 Å². The van der Waals surface area contributed by atoms with E-state index in [0.717, 1.165) is 5.57 Å². The minimum Gasteiger partial charge on any atom is -0.393 e. The van der Waals surface area contributed by atoms with Crippen LogP contribution >= 0.6 is 0 Å². The van der Waals surface area contributed by atoms with Crippen LogP contribution in [0.5, 0.6) is 0 Å². The molecule has 0 saturated heterocycles. The van der Waals surface area contributed by atoms with E-state index in [-0.39, 0.29) is 5.04 Å². The molecule has 0 aliphatic heterocycles. The molecular weight excluding hydrogens is 316 g/mol. The van der Waals surface area contributed by atoms with Crippen LogP contribution in [0, 0.1) is 5.41 Å². The van der Waals surface area contributed by atoms with Gasteiger partial charge in [-0.1, -0.05) is 20.8 Å². The lowest BCUT2D eigenvalue weighted by molar-refractivity contribution is 0.150. The molecule has 0 radical (unpaired) electrons. The summed E-state index contributed by atoms with van der Waals surface area (Å²) >= 11 is 0. The lowest BCUT2D eigenvalue weighted by Crippen LogP contribution is -2.38. The first-order valence-corrected chi connectivity index (χ1v) is 12.3. The van der Waals surface area contributed by atoms with Gasteiger partial charge >= 0.3 is 0 Å². The predicted molar refractivity (Wildman–Crippen MR) is 101 cm³/mol. The summed E-state index contributed by atoms with van der Waals surface area (Å²) in [5, 5.41) is 26.9. The van der Waals surface area contributed by atoms with Crippen molar-refractivity contribution in [1.29, 1.82) is 5.41 Å². The summed E-state index contributed by atoms with van der Waals surface area (Å²) in [6.45, 7) is 15.0. The van der Waals surface area contributed by atoms with Gasteiger partial charge in [-0.05, 0) is 37.6 Å². The van der Waals surface area contributed by atoms with Gasteiger partial charge in [0.25, 0.3) is 0 Å². The Kier molecular flexibility index (Phi) is 7.22. The number of nitrogens with two attached hydrogens (primary N) is 1. The second kappa shape index (κ2) is 7.32. The van der Waals surface area contributed by atoms with E-state index in [0.29, 0.717) is 21.8 Å². The smallest absolute Gasteiger partial charge is 0.191 e. The van der Waals surface area contributed by atoms with Gasteiger partial charge in [0.15, 0.2) is 8.24 Å². The predicted octanol–water partition coefficient (Wildman–Crippen LogP) is 1.21. The number of nitrogens with zero attached hydrogens (tertiary/aromatic N) is 1. The van der Waals surface area contributed by atoms with Crippen LogP contribution < -0.4 is 10.5 Å². The first-order valence-electron chi connectivity index (χ1n) is 7.10. The summed E-state index contributed by atoms with van der Waals surface area (Å²) in [5.74, 6) is 0. The second-order valence-corrected chi connectivity index (χ2v) is 16.1. The van der Waals surface area contributed by atoms with Crippen molar-refractivity contribution in [2.75, 3.05) is 6.54 Å². The minimum atomic E-state index is -1.85. The maximum Gasteiger partial charge on any atom is 0.191 e. The van der Waals surface area contributed by atoms with Gasteiger partial charge in [0.05, 0.1) is 5.22 Å². The molecule has 0 heterocycles. The van der Waals surface area contributed by atoms with Crippen molar-refractivity contribution in [3.8, 4) is 0 Å². The van der Waals surface area contributed by atoms with E-state index in [4.69, 9.17) is 14.6 Å². The Balaban J connectivity index is 4.97. The minimum absolute atomic E-state index is 0.124. The highest BCUT2D eigenvalue weighted by Gasteiger charge is 2.36. The highest BCUT2D eigenvalue weighted by atomic mass is 32.2. The van der Waals surface area contributed by atoms with Gasteiger partial charge in [0.2, 0.25) is 0 Å². The van der Waals surface area contributed by atoms with Crippen LogP contribution in [-0.2, 0) is 10.9 Å². The number of aliphatic hydroxyl groups is 1. The fourth-order valence-electron chi connectivity index (χ4n) is 1.11. The molecule has 0 spiro atoms. The van der Waals surface area contributed by atoms with Crippen LogP contribution in [0.15, 0.2) is 15.8 Å². The maximum atomic E-state index is 9.70. The van der Waals surface area contributed by atoms with E-state index in [1.54, 1.807) is 13.1 Å². The maximum absolute atomic E-state index is 9.70. The van der Waals surface area contributed by atoms with E-state index in [1.165, 1.54) is 0 Å². The number of rotatable bonds is 5. The Morgan fingerprint density at radius 1 is 1.43 bits per heavy atom. The third-order valence-electron chi connectivity index (χ3n) is 3.58. The summed E-state index contributed by atoms with van der Waals surface area (Å²) in [6, 6.07) is 0. The molecule has 1 unspecified atom stereocenters. The van der Waals surface area contributed by atoms with Crippen LogP contribution in [0.2, 0.25) is 18.1 Å². The van der Waals surface area contributed by atoms with Gasteiger partial charge in [-0.3, -0.25) is 14.6 Å². The Morgan fingerprint density at radius 3 is 2.29 bits per heavy atom. The zero-order valence-electron chi connectivity index (χ0n) is 14.7. The summed E-state index contributed by atoms with van der Waals surface area (Å²) in [4.78, 5) is 0. The van der Waals surface area contributed by atoms with Crippen LogP contribution in [0.25, 0.3) is 0 Å². The number of nitrogens with one attached hydrogen (secondary N) is 2. The summed E-state index contributed by atoms with van der Waals surface area (Å²) in [5.41, 5.74) is 0.772. The molecule has 0 aromatic rings. The van der Waals surface area contributed by atoms with Gasteiger partial charge in [-0.25, -0.2) is 0 Å². The van der Waals surface area contributed by atoms with E-state index in [9.17, 15) is 5.11 Å². The second-order valence-electron chi connectivity index (χ2n) is 7.56. The summed E-state index contributed by atoms with van der Waals surface area (Å²) < 4.78 is 4.77. The topological polar surface area (TPSA) is 94.5 Å². The normalized spacial score (nSPS) is 18.4. The molecule has 2 atom stereocenters. The van der Waals surface area contributed by atoms with Crippen molar-refractivity contribution >= 4 is 34.4 Å². The van der Waals surface area contributed by atoms with Gasteiger partial charge in [0.1, 0.15) is 5.04 Å². The molecule has 8 heteroatoms. The molecule has 5 nitrogen and oxygen atoms in total. The van der Waals surface area contributed by atoms with Crippen LogP contribution in [0.3, 0.4) is 0 Å². The average Bonchev–Trinajstić information content (AvgIpc) is 2.23. The third kappa shape index (κ3) is 7.50. The molecule has 0 aliphatic carbocycles. The Morgan fingerprint density at radius 2 is 1.90 bits per heavy atom. The van der Waals surface area contributed by atoms with E-state index >= 15 is 0 Å².